The van der Waals surface area contributed by atoms with Gasteiger partial charge in [-0.15, -0.1) is 0 Å². The smallest absolute Gasteiger partial charge is 0.258 e. The van der Waals surface area contributed by atoms with E-state index < -0.39 is 5.60 Å². The first-order chi connectivity index (χ1) is 8.98. The first-order valence-electron chi connectivity index (χ1n) is 6.17. The summed E-state index contributed by atoms with van der Waals surface area (Å²) in [5, 5.41) is 14.3. The van der Waals surface area contributed by atoms with Crippen molar-refractivity contribution in [3.63, 3.8) is 0 Å². The van der Waals surface area contributed by atoms with Gasteiger partial charge in [-0.2, -0.15) is 4.98 Å². The van der Waals surface area contributed by atoms with Crippen LogP contribution in [-0.4, -0.2) is 20.2 Å². The van der Waals surface area contributed by atoms with Crippen LogP contribution in [0.3, 0.4) is 0 Å². The molecule has 3 rings (SSSR count). The summed E-state index contributed by atoms with van der Waals surface area (Å²) in [6.07, 6.45) is 3.69. The van der Waals surface area contributed by atoms with Crippen molar-refractivity contribution in [1.82, 2.24) is 15.1 Å². The molecule has 2 heterocycles. The Morgan fingerprint density at radius 2 is 2.21 bits per heavy atom. The van der Waals surface area contributed by atoms with Crippen LogP contribution in [0.25, 0.3) is 11.5 Å². The van der Waals surface area contributed by atoms with Crippen LogP contribution in [0.1, 0.15) is 31.2 Å². The summed E-state index contributed by atoms with van der Waals surface area (Å²) in [6, 6.07) is 1.94. The molecule has 5 nitrogen and oxygen atoms in total. The molecule has 2 aromatic heterocycles. The summed E-state index contributed by atoms with van der Waals surface area (Å²) in [7, 11) is 0. The molecule has 0 bridgehead atoms. The van der Waals surface area contributed by atoms with E-state index in [2.05, 4.69) is 31.1 Å². The van der Waals surface area contributed by atoms with Gasteiger partial charge in [0.2, 0.25) is 5.82 Å². The van der Waals surface area contributed by atoms with Crippen molar-refractivity contribution in [1.29, 1.82) is 0 Å². The highest BCUT2D eigenvalue weighted by atomic mass is 79.9. The number of pyridine rings is 1. The number of halogens is 1. The molecule has 1 saturated carbocycles. The predicted molar refractivity (Wildman–Crippen MR) is 72.3 cm³/mol. The van der Waals surface area contributed by atoms with Gasteiger partial charge in [-0.3, -0.25) is 4.98 Å². The topological polar surface area (TPSA) is 72.0 Å². The number of aromatic nitrogens is 3. The number of nitrogens with zero attached hydrogens (tertiary/aromatic N) is 3. The van der Waals surface area contributed by atoms with Crippen LogP contribution < -0.4 is 0 Å². The molecule has 0 aromatic carbocycles. The Morgan fingerprint density at radius 1 is 1.47 bits per heavy atom. The van der Waals surface area contributed by atoms with Gasteiger partial charge in [0.05, 0.1) is 0 Å². The first kappa shape index (κ1) is 12.7. The molecule has 6 heteroatoms. The van der Waals surface area contributed by atoms with E-state index in [4.69, 9.17) is 4.52 Å². The molecule has 1 unspecified atom stereocenters. The fourth-order valence-electron chi connectivity index (χ4n) is 2.12. The van der Waals surface area contributed by atoms with Crippen molar-refractivity contribution in [2.24, 2.45) is 5.92 Å². The van der Waals surface area contributed by atoms with Crippen molar-refractivity contribution < 1.29 is 9.63 Å². The van der Waals surface area contributed by atoms with E-state index in [0.29, 0.717) is 11.5 Å². The van der Waals surface area contributed by atoms with Crippen LogP contribution >= 0.6 is 15.9 Å². The second kappa shape index (κ2) is 4.38. The third-order valence-corrected chi connectivity index (χ3v) is 3.92. The van der Waals surface area contributed by atoms with Crippen LogP contribution in [0.2, 0.25) is 0 Å². The Hall–Kier alpha value is -1.27. The van der Waals surface area contributed by atoms with Gasteiger partial charge in [0.1, 0.15) is 11.3 Å². The number of aliphatic hydroxyl groups is 1. The van der Waals surface area contributed by atoms with Gasteiger partial charge in [0.25, 0.3) is 5.89 Å². The average molecular weight is 324 g/mol. The SMILES string of the molecule is Cc1cc(Br)cnc1-c1noc(C(C)(O)C2CC2)n1. The van der Waals surface area contributed by atoms with E-state index in [0.717, 1.165) is 22.9 Å². The van der Waals surface area contributed by atoms with E-state index in [-0.39, 0.29) is 11.8 Å². The highest BCUT2D eigenvalue weighted by Gasteiger charge is 2.45. The standard InChI is InChI=1S/C13H14BrN3O2/c1-7-5-9(14)6-15-10(7)11-16-12(19-17-11)13(2,18)8-3-4-8/h5-6,8,18H,3-4H2,1-2H3. The predicted octanol–water partition coefficient (Wildman–Crippen LogP) is 2.82. The minimum absolute atomic E-state index is 0.222. The van der Waals surface area contributed by atoms with Gasteiger partial charge in [-0.1, -0.05) is 5.16 Å². The molecule has 100 valence electrons. The monoisotopic (exact) mass is 323 g/mol. The van der Waals surface area contributed by atoms with Gasteiger partial charge in [-0.05, 0) is 60.2 Å². The van der Waals surface area contributed by atoms with Gasteiger partial charge >= 0.3 is 0 Å². The lowest BCUT2D eigenvalue weighted by atomic mass is 10.0. The summed E-state index contributed by atoms with van der Waals surface area (Å²) in [5.41, 5.74) is 0.590. The van der Waals surface area contributed by atoms with Crippen LogP contribution in [0.5, 0.6) is 0 Å². The Kier molecular flexibility index (Phi) is 2.94. The van der Waals surface area contributed by atoms with Crippen LogP contribution in [0.15, 0.2) is 21.3 Å². The summed E-state index contributed by atoms with van der Waals surface area (Å²) >= 11 is 3.37. The second-order valence-electron chi connectivity index (χ2n) is 5.16. The molecule has 2 aromatic rings. The largest absolute Gasteiger partial charge is 0.380 e. The molecule has 1 atom stereocenters. The van der Waals surface area contributed by atoms with Crippen molar-refractivity contribution in [3.05, 3.63) is 28.2 Å². The van der Waals surface area contributed by atoms with E-state index in [9.17, 15) is 5.11 Å². The summed E-state index contributed by atoms with van der Waals surface area (Å²) < 4.78 is 6.11. The van der Waals surface area contributed by atoms with Crippen LogP contribution in [0, 0.1) is 12.8 Å². The molecule has 0 amide bonds. The molecule has 1 fully saturated rings. The third-order valence-electron chi connectivity index (χ3n) is 3.49. The zero-order valence-corrected chi connectivity index (χ0v) is 12.3. The Bertz CT molecular complexity index is 620. The molecule has 0 radical (unpaired) electrons. The molecule has 1 N–H and O–H groups in total. The molecule has 0 spiro atoms. The highest BCUT2D eigenvalue weighted by molar-refractivity contribution is 9.10. The summed E-state index contributed by atoms with van der Waals surface area (Å²) in [6.45, 7) is 3.66. The minimum Gasteiger partial charge on any atom is -0.380 e. The van der Waals surface area contributed by atoms with Crippen molar-refractivity contribution in [2.75, 3.05) is 0 Å². The highest BCUT2D eigenvalue weighted by Crippen LogP contribution is 2.45. The maximum Gasteiger partial charge on any atom is 0.258 e. The summed E-state index contributed by atoms with van der Waals surface area (Å²) in [4.78, 5) is 8.59. The molecule has 0 aliphatic heterocycles. The lowest BCUT2D eigenvalue weighted by Gasteiger charge is -2.16. The normalized spacial score (nSPS) is 18.3. The molecule has 0 saturated heterocycles. The van der Waals surface area contributed by atoms with E-state index in [1.165, 1.54) is 0 Å². The summed E-state index contributed by atoms with van der Waals surface area (Å²) in [5.74, 6) is 0.912. The number of hydrogen-bond acceptors (Lipinski definition) is 5. The third kappa shape index (κ3) is 2.30. The maximum absolute atomic E-state index is 10.4. The van der Waals surface area contributed by atoms with Gasteiger partial charge < -0.3 is 9.63 Å². The van der Waals surface area contributed by atoms with Crippen LogP contribution in [-0.2, 0) is 5.60 Å². The quantitative estimate of drug-likeness (QED) is 0.940. The lowest BCUT2D eigenvalue weighted by molar-refractivity contribution is 0.000916. The second-order valence-corrected chi connectivity index (χ2v) is 6.08. The Morgan fingerprint density at radius 3 is 2.84 bits per heavy atom. The maximum atomic E-state index is 10.4. The van der Waals surface area contributed by atoms with Crippen molar-refractivity contribution in [3.8, 4) is 11.5 Å². The number of aryl methyl sites for hydroxylation is 1. The fraction of sp³-hybridized carbons (Fsp3) is 0.462. The zero-order chi connectivity index (χ0) is 13.6. The zero-order valence-electron chi connectivity index (χ0n) is 10.7. The average Bonchev–Trinajstić information content (AvgIpc) is 3.09. The lowest BCUT2D eigenvalue weighted by Crippen LogP contribution is -2.24. The number of hydrogen-bond donors (Lipinski definition) is 1. The first-order valence-corrected chi connectivity index (χ1v) is 6.97. The Labute approximate surface area is 119 Å². The molecule has 1 aliphatic rings. The molecule has 19 heavy (non-hydrogen) atoms. The fourth-order valence-corrected chi connectivity index (χ4v) is 2.57. The molecular weight excluding hydrogens is 310 g/mol. The van der Waals surface area contributed by atoms with Crippen molar-refractivity contribution >= 4 is 15.9 Å². The van der Waals surface area contributed by atoms with Crippen molar-refractivity contribution in [2.45, 2.75) is 32.3 Å². The van der Waals surface area contributed by atoms with Gasteiger partial charge in [0.15, 0.2) is 0 Å². The number of rotatable bonds is 3. The van der Waals surface area contributed by atoms with E-state index >= 15 is 0 Å². The molecule has 1 aliphatic carbocycles. The van der Waals surface area contributed by atoms with E-state index in [1.54, 1.807) is 13.1 Å². The van der Waals surface area contributed by atoms with E-state index in [1.807, 2.05) is 13.0 Å². The minimum atomic E-state index is -1.03. The van der Waals surface area contributed by atoms with Gasteiger partial charge in [-0.25, -0.2) is 0 Å². The van der Waals surface area contributed by atoms with Gasteiger partial charge in [0, 0.05) is 10.7 Å². The van der Waals surface area contributed by atoms with Crippen LogP contribution in [0.4, 0.5) is 0 Å². The Balaban J connectivity index is 1.96. The molecular formula is C13H14BrN3O2.